The van der Waals surface area contributed by atoms with Crippen molar-refractivity contribution in [1.29, 1.82) is 0 Å². The van der Waals surface area contributed by atoms with Crippen LogP contribution in [0.2, 0.25) is 0 Å². The van der Waals surface area contributed by atoms with Gasteiger partial charge in [0, 0.05) is 19.1 Å². The molecule has 1 heterocycles. The molecular formula is C19H29NO4. The Hall–Kier alpha value is -1.30. The van der Waals surface area contributed by atoms with E-state index in [9.17, 15) is 10.2 Å². The number of benzene rings is 1. The Labute approximate surface area is 144 Å². The Morgan fingerprint density at radius 1 is 1.21 bits per heavy atom. The van der Waals surface area contributed by atoms with Crippen LogP contribution in [0.25, 0.3) is 0 Å². The summed E-state index contributed by atoms with van der Waals surface area (Å²) < 4.78 is 11.4. The van der Waals surface area contributed by atoms with E-state index in [4.69, 9.17) is 9.47 Å². The first-order chi connectivity index (χ1) is 11.7. The highest BCUT2D eigenvalue weighted by atomic mass is 16.5. The van der Waals surface area contributed by atoms with Gasteiger partial charge in [-0.3, -0.25) is 4.90 Å². The Morgan fingerprint density at radius 3 is 2.79 bits per heavy atom. The van der Waals surface area contributed by atoms with Crippen molar-refractivity contribution in [3.63, 3.8) is 0 Å². The molecule has 1 saturated heterocycles. The van der Waals surface area contributed by atoms with E-state index in [-0.39, 0.29) is 18.0 Å². The maximum Gasteiger partial charge on any atom is 0.160 e. The second-order valence-electron chi connectivity index (χ2n) is 6.95. The van der Waals surface area contributed by atoms with Gasteiger partial charge in [-0.05, 0) is 43.4 Å². The molecule has 0 radical (unpaired) electrons. The number of nitrogens with zero attached hydrogens (tertiary/aromatic N) is 1. The number of likely N-dealkylation sites (tertiary alicyclic amines) is 1. The summed E-state index contributed by atoms with van der Waals surface area (Å²) in [5, 5.41) is 19.5. The molecule has 0 bridgehead atoms. The van der Waals surface area contributed by atoms with Crippen molar-refractivity contribution in [2.45, 2.75) is 56.8 Å². The number of β-amino-alcohol motifs (C(OH)–C–C–N with tert-alkyl or cyclic N) is 1. The number of hydrogen-bond donors (Lipinski definition) is 2. The Morgan fingerprint density at radius 2 is 2.04 bits per heavy atom. The molecule has 2 aliphatic rings. The van der Waals surface area contributed by atoms with Gasteiger partial charge in [-0.2, -0.15) is 0 Å². The standard InChI is InChI=1S/C19H29NO4/c1-23-19-12-14(6-7-17(19)22)9-11-24-18-5-3-2-4-16(18)20-10-8-15(21)13-20/h6-7,12,15-16,18,21-22H,2-5,8-11,13H2,1H3/t15-,16?,18?/m1/s1. The van der Waals surface area contributed by atoms with Gasteiger partial charge in [-0.1, -0.05) is 18.9 Å². The fraction of sp³-hybridized carbons (Fsp3) is 0.684. The molecular weight excluding hydrogens is 306 g/mol. The van der Waals surface area contributed by atoms with Gasteiger partial charge in [0.1, 0.15) is 0 Å². The van der Waals surface area contributed by atoms with Crippen LogP contribution in [0.5, 0.6) is 11.5 Å². The number of aliphatic hydroxyl groups excluding tert-OH is 1. The maximum absolute atomic E-state index is 9.80. The molecule has 2 N–H and O–H groups in total. The topological polar surface area (TPSA) is 62.2 Å². The van der Waals surface area contributed by atoms with Crippen LogP contribution in [0.1, 0.15) is 37.7 Å². The summed E-state index contributed by atoms with van der Waals surface area (Å²) in [6, 6.07) is 5.90. The maximum atomic E-state index is 9.80. The van der Waals surface area contributed by atoms with Crippen molar-refractivity contribution in [2.75, 3.05) is 26.8 Å². The number of phenols is 1. The SMILES string of the molecule is COc1cc(CCOC2CCCCC2N2CC[C@@H](O)C2)ccc1O. The Kier molecular flexibility index (Phi) is 5.98. The van der Waals surface area contributed by atoms with Gasteiger partial charge in [0.25, 0.3) is 0 Å². The third-order valence-electron chi connectivity index (χ3n) is 5.30. The lowest BCUT2D eigenvalue weighted by molar-refractivity contribution is -0.0316. The third-order valence-corrected chi connectivity index (χ3v) is 5.30. The van der Waals surface area contributed by atoms with Gasteiger partial charge >= 0.3 is 0 Å². The Balaban J connectivity index is 1.52. The molecule has 0 amide bonds. The van der Waals surface area contributed by atoms with Gasteiger partial charge in [-0.15, -0.1) is 0 Å². The fourth-order valence-electron chi connectivity index (χ4n) is 3.96. The molecule has 5 heteroatoms. The lowest BCUT2D eigenvalue weighted by atomic mass is 9.91. The molecule has 0 spiro atoms. The van der Waals surface area contributed by atoms with Crippen LogP contribution in [0, 0.1) is 0 Å². The van der Waals surface area contributed by atoms with Crippen LogP contribution in [-0.4, -0.2) is 60.2 Å². The second-order valence-corrected chi connectivity index (χ2v) is 6.95. The zero-order valence-electron chi connectivity index (χ0n) is 14.5. The third kappa shape index (κ3) is 4.21. The van der Waals surface area contributed by atoms with E-state index in [1.165, 1.54) is 19.3 Å². The lowest BCUT2D eigenvalue weighted by Gasteiger charge is -2.37. The van der Waals surface area contributed by atoms with Crippen LogP contribution in [-0.2, 0) is 11.2 Å². The molecule has 2 unspecified atom stereocenters. The highest BCUT2D eigenvalue weighted by Crippen LogP contribution is 2.29. The molecule has 5 nitrogen and oxygen atoms in total. The number of aromatic hydroxyl groups is 1. The molecule has 1 aliphatic carbocycles. The zero-order chi connectivity index (χ0) is 16.9. The van der Waals surface area contributed by atoms with Gasteiger partial charge < -0.3 is 19.7 Å². The largest absolute Gasteiger partial charge is 0.504 e. The van der Waals surface area contributed by atoms with E-state index >= 15 is 0 Å². The second kappa shape index (κ2) is 8.19. The lowest BCUT2D eigenvalue weighted by Crippen LogP contribution is -2.46. The van der Waals surface area contributed by atoms with E-state index < -0.39 is 0 Å². The number of methoxy groups -OCH3 is 1. The molecule has 1 aromatic carbocycles. The van der Waals surface area contributed by atoms with E-state index in [2.05, 4.69) is 4.90 Å². The normalized spacial score (nSPS) is 28.2. The molecule has 2 fully saturated rings. The van der Waals surface area contributed by atoms with E-state index in [0.29, 0.717) is 18.4 Å². The van der Waals surface area contributed by atoms with Gasteiger partial charge in [0.15, 0.2) is 11.5 Å². The summed E-state index contributed by atoms with van der Waals surface area (Å²) in [4.78, 5) is 2.41. The highest BCUT2D eigenvalue weighted by Gasteiger charge is 2.34. The molecule has 0 aromatic heterocycles. The Bertz CT molecular complexity index is 536. The molecule has 1 saturated carbocycles. The smallest absolute Gasteiger partial charge is 0.160 e. The summed E-state index contributed by atoms with van der Waals surface area (Å²) in [5.41, 5.74) is 1.11. The predicted octanol–water partition coefficient (Wildman–Crippen LogP) is 2.34. The van der Waals surface area contributed by atoms with Crippen LogP contribution < -0.4 is 4.74 Å². The van der Waals surface area contributed by atoms with E-state index in [1.54, 1.807) is 13.2 Å². The monoisotopic (exact) mass is 335 g/mol. The van der Waals surface area contributed by atoms with Crippen LogP contribution >= 0.6 is 0 Å². The average molecular weight is 335 g/mol. The van der Waals surface area contributed by atoms with Crippen molar-refractivity contribution >= 4 is 0 Å². The van der Waals surface area contributed by atoms with Crippen molar-refractivity contribution in [2.24, 2.45) is 0 Å². The summed E-state index contributed by atoms with van der Waals surface area (Å²) in [6.45, 7) is 2.45. The summed E-state index contributed by atoms with van der Waals surface area (Å²) in [5.74, 6) is 0.677. The first-order valence-corrected chi connectivity index (χ1v) is 9.07. The van der Waals surface area contributed by atoms with Crippen LogP contribution in [0.3, 0.4) is 0 Å². The number of aliphatic hydroxyl groups is 1. The molecule has 3 rings (SSSR count). The molecule has 3 atom stereocenters. The van der Waals surface area contributed by atoms with Gasteiger partial charge in [0.2, 0.25) is 0 Å². The molecule has 1 aliphatic heterocycles. The molecule has 1 aromatic rings. The minimum atomic E-state index is -0.169. The zero-order valence-corrected chi connectivity index (χ0v) is 14.5. The number of hydrogen-bond acceptors (Lipinski definition) is 5. The summed E-state index contributed by atoms with van der Waals surface area (Å²) in [7, 11) is 1.56. The van der Waals surface area contributed by atoms with Gasteiger partial charge in [0.05, 0.1) is 25.9 Å². The minimum Gasteiger partial charge on any atom is -0.504 e. The van der Waals surface area contributed by atoms with Gasteiger partial charge in [-0.25, -0.2) is 0 Å². The minimum absolute atomic E-state index is 0.169. The van der Waals surface area contributed by atoms with E-state index in [1.807, 2.05) is 12.1 Å². The molecule has 24 heavy (non-hydrogen) atoms. The summed E-state index contributed by atoms with van der Waals surface area (Å²) >= 11 is 0. The van der Waals surface area contributed by atoms with Crippen molar-refractivity contribution < 1.29 is 19.7 Å². The first kappa shape index (κ1) is 17.5. The quantitative estimate of drug-likeness (QED) is 0.835. The number of rotatable bonds is 6. The van der Waals surface area contributed by atoms with Crippen molar-refractivity contribution in [3.05, 3.63) is 23.8 Å². The van der Waals surface area contributed by atoms with Crippen LogP contribution in [0.15, 0.2) is 18.2 Å². The molecule has 134 valence electrons. The fourth-order valence-corrected chi connectivity index (χ4v) is 3.96. The number of phenolic OH excluding ortho intramolecular Hbond substituents is 1. The highest BCUT2D eigenvalue weighted by molar-refractivity contribution is 5.41. The average Bonchev–Trinajstić information content (AvgIpc) is 3.03. The van der Waals surface area contributed by atoms with Crippen molar-refractivity contribution in [3.8, 4) is 11.5 Å². The first-order valence-electron chi connectivity index (χ1n) is 9.07. The number of ether oxygens (including phenoxy) is 2. The summed E-state index contributed by atoms with van der Waals surface area (Å²) in [6.07, 6.45) is 6.55. The van der Waals surface area contributed by atoms with Crippen molar-refractivity contribution in [1.82, 2.24) is 4.90 Å². The predicted molar refractivity (Wildman–Crippen MR) is 92.6 cm³/mol. The van der Waals surface area contributed by atoms with E-state index in [0.717, 1.165) is 37.9 Å². The van der Waals surface area contributed by atoms with Crippen LogP contribution in [0.4, 0.5) is 0 Å².